The molecular weight excluding hydrogens is 256 g/mol. The van der Waals surface area contributed by atoms with Gasteiger partial charge in [-0.1, -0.05) is 30.3 Å². The molecule has 0 aromatic heterocycles. The minimum absolute atomic E-state index is 0.0208. The summed E-state index contributed by atoms with van der Waals surface area (Å²) in [6, 6.07) is 9.48. The van der Waals surface area contributed by atoms with Crippen LogP contribution < -0.4 is 10.6 Å². The third kappa shape index (κ3) is 6.89. The number of nitrogens with one attached hydrogen (secondary N) is 2. The molecule has 0 aliphatic heterocycles. The van der Waals surface area contributed by atoms with E-state index in [2.05, 4.69) is 10.6 Å². The van der Waals surface area contributed by atoms with Gasteiger partial charge >= 0.3 is 0 Å². The normalized spacial score (nSPS) is 11.7. The van der Waals surface area contributed by atoms with Gasteiger partial charge in [0.2, 0.25) is 11.8 Å². The van der Waals surface area contributed by atoms with Crippen molar-refractivity contribution >= 4 is 11.8 Å². The van der Waals surface area contributed by atoms with Crippen LogP contribution in [0.1, 0.15) is 18.9 Å². The molecule has 5 nitrogen and oxygen atoms in total. The summed E-state index contributed by atoms with van der Waals surface area (Å²) in [4.78, 5) is 23.2. The van der Waals surface area contributed by atoms with Crippen LogP contribution in [0, 0.1) is 0 Å². The summed E-state index contributed by atoms with van der Waals surface area (Å²) in [5, 5.41) is 5.53. The summed E-state index contributed by atoms with van der Waals surface area (Å²) >= 11 is 0. The van der Waals surface area contributed by atoms with Gasteiger partial charge in [-0.05, 0) is 12.5 Å². The maximum absolute atomic E-state index is 11.7. The first-order chi connectivity index (χ1) is 9.61. The molecule has 1 aromatic carbocycles. The predicted molar refractivity (Wildman–Crippen MR) is 77.3 cm³/mol. The van der Waals surface area contributed by atoms with E-state index in [1.165, 1.54) is 0 Å². The molecule has 0 bridgehead atoms. The second-order valence-corrected chi connectivity index (χ2v) is 4.69. The third-order valence-corrected chi connectivity index (χ3v) is 2.71. The number of hydrogen-bond acceptors (Lipinski definition) is 3. The van der Waals surface area contributed by atoms with Gasteiger partial charge < -0.3 is 15.4 Å². The Balaban J connectivity index is 2.17. The number of hydrogen-bond donors (Lipinski definition) is 2. The number of methoxy groups -OCH3 is 1. The van der Waals surface area contributed by atoms with Crippen molar-refractivity contribution in [3.05, 3.63) is 35.9 Å². The quantitative estimate of drug-likeness (QED) is 0.742. The second-order valence-electron chi connectivity index (χ2n) is 4.69. The molecule has 2 amide bonds. The molecule has 0 saturated carbocycles. The van der Waals surface area contributed by atoms with Crippen LogP contribution in [-0.2, 0) is 20.7 Å². The van der Waals surface area contributed by atoms with Gasteiger partial charge in [-0.25, -0.2) is 0 Å². The molecule has 2 N–H and O–H groups in total. The van der Waals surface area contributed by atoms with Crippen LogP contribution in [0.2, 0.25) is 0 Å². The van der Waals surface area contributed by atoms with Crippen molar-refractivity contribution in [2.75, 3.05) is 20.3 Å². The van der Waals surface area contributed by atoms with Crippen molar-refractivity contribution < 1.29 is 14.3 Å². The number of rotatable bonds is 8. The van der Waals surface area contributed by atoms with E-state index in [1.807, 2.05) is 37.3 Å². The minimum Gasteiger partial charge on any atom is -0.383 e. The number of carbonyl (C=O) groups is 2. The highest BCUT2D eigenvalue weighted by atomic mass is 16.5. The van der Waals surface area contributed by atoms with Crippen LogP contribution in [0.3, 0.4) is 0 Å². The Morgan fingerprint density at radius 1 is 1.20 bits per heavy atom. The average Bonchev–Trinajstić information content (AvgIpc) is 2.39. The van der Waals surface area contributed by atoms with Crippen LogP contribution in [0.5, 0.6) is 0 Å². The number of carbonyl (C=O) groups excluding carboxylic acids is 2. The zero-order chi connectivity index (χ0) is 14.8. The van der Waals surface area contributed by atoms with Crippen molar-refractivity contribution in [1.82, 2.24) is 10.6 Å². The average molecular weight is 278 g/mol. The highest BCUT2D eigenvalue weighted by Gasteiger charge is 2.08. The Morgan fingerprint density at radius 3 is 2.55 bits per heavy atom. The van der Waals surface area contributed by atoms with Gasteiger partial charge in [0.15, 0.2) is 0 Å². The molecule has 0 fully saturated rings. The van der Waals surface area contributed by atoms with E-state index >= 15 is 0 Å². The Hall–Kier alpha value is -1.88. The molecule has 0 saturated heterocycles. The van der Waals surface area contributed by atoms with E-state index < -0.39 is 0 Å². The van der Waals surface area contributed by atoms with Gasteiger partial charge in [0.05, 0.1) is 13.0 Å². The van der Waals surface area contributed by atoms with E-state index in [0.717, 1.165) is 5.56 Å². The first-order valence-corrected chi connectivity index (χ1v) is 6.70. The van der Waals surface area contributed by atoms with Gasteiger partial charge in [0.25, 0.3) is 0 Å². The molecule has 20 heavy (non-hydrogen) atoms. The van der Waals surface area contributed by atoms with E-state index in [1.54, 1.807) is 7.11 Å². The fourth-order valence-corrected chi connectivity index (χ4v) is 1.80. The molecular formula is C15H22N2O3. The molecule has 0 radical (unpaired) electrons. The molecule has 0 spiro atoms. The lowest BCUT2D eigenvalue weighted by molar-refractivity contribution is -0.122. The summed E-state index contributed by atoms with van der Waals surface area (Å²) in [6.07, 6.45) is 0.608. The molecule has 1 atom stereocenters. The number of benzene rings is 1. The van der Waals surface area contributed by atoms with Crippen molar-refractivity contribution in [3.8, 4) is 0 Å². The smallest absolute Gasteiger partial charge is 0.224 e. The van der Waals surface area contributed by atoms with Crippen molar-refractivity contribution in [3.63, 3.8) is 0 Å². The predicted octanol–water partition coefficient (Wildman–Crippen LogP) is 0.887. The third-order valence-electron chi connectivity index (χ3n) is 2.71. The maximum atomic E-state index is 11.7. The highest BCUT2D eigenvalue weighted by molar-refractivity contribution is 5.80. The van der Waals surface area contributed by atoms with Crippen LogP contribution in [-0.4, -0.2) is 38.1 Å². The van der Waals surface area contributed by atoms with Gasteiger partial charge in [-0.3, -0.25) is 9.59 Å². The Bertz CT molecular complexity index is 420. The Labute approximate surface area is 119 Å². The first kappa shape index (κ1) is 16.2. The SMILES string of the molecule is COCC(C)NC(=O)CCNC(=O)Cc1ccccc1. The molecule has 1 aromatic rings. The van der Waals surface area contributed by atoms with E-state index in [9.17, 15) is 9.59 Å². The zero-order valence-corrected chi connectivity index (χ0v) is 12.0. The van der Waals surface area contributed by atoms with Crippen LogP contribution in [0.15, 0.2) is 30.3 Å². The Kier molecular flexibility index (Phi) is 7.35. The monoisotopic (exact) mass is 278 g/mol. The minimum atomic E-state index is -0.0884. The van der Waals surface area contributed by atoms with Gasteiger partial charge in [-0.2, -0.15) is 0 Å². The lowest BCUT2D eigenvalue weighted by Gasteiger charge is -2.12. The lowest BCUT2D eigenvalue weighted by Crippen LogP contribution is -2.37. The van der Waals surface area contributed by atoms with Crippen molar-refractivity contribution in [1.29, 1.82) is 0 Å². The molecule has 5 heteroatoms. The van der Waals surface area contributed by atoms with Crippen molar-refractivity contribution in [2.24, 2.45) is 0 Å². The van der Waals surface area contributed by atoms with Crippen molar-refractivity contribution in [2.45, 2.75) is 25.8 Å². The summed E-state index contributed by atoms with van der Waals surface area (Å²) < 4.78 is 4.93. The molecule has 110 valence electrons. The second kappa shape index (κ2) is 9.09. The van der Waals surface area contributed by atoms with Gasteiger partial charge in [0.1, 0.15) is 0 Å². The summed E-state index contributed by atoms with van der Waals surface area (Å²) in [5.74, 6) is -0.163. The number of amides is 2. The first-order valence-electron chi connectivity index (χ1n) is 6.70. The van der Waals surface area contributed by atoms with E-state index in [-0.39, 0.29) is 24.3 Å². The highest BCUT2D eigenvalue weighted by Crippen LogP contribution is 1.99. The Morgan fingerprint density at radius 2 is 1.90 bits per heavy atom. The van der Waals surface area contributed by atoms with Gasteiger partial charge in [0, 0.05) is 26.1 Å². The standard InChI is InChI=1S/C15H22N2O3/c1-12(11-20-2)17-14(18)8-9-16-15(19)10-13-6-4-3-5-7-13/h3-7,12H,8-11H2,1-2H3,(H,16,19)(H,17,18). The topological polar surface area (TPSA) is 67.4 Å². The summed E-state index contributed by atoms with van der Waals surface area (Å²) in [7, 11) is 1.59. The number of ether oxygens (including phenoxy) is 1. The molecule has 1 rings (SSSR count). The fraction of sp³-hybridized carbons (Fsp3) is 0.467. The molecule has 1 unspecified atom stereocenters. The fourth-order valence-electron chi connectivity index (χ4n) is 1.80. The molecule has 0 heterocycles. The largest absolute Gasteiger partial charge is 0.383 e. The van der Waals surface area contributed by atoms with Crippen LogP contribution in [0.4, 0.5) is 0 Å². The van der Waals surface area contributed by atoms with Gasteiger partial charge in [-0.15, -0.1) is 0 Å². The molecule has 0 aliphatic carbocycles. The zero-order valence-electron chi connectivity index (χ0n) is 12.0. The summed E-state index contributed by atoms with van der Waals surface area (Å²) in [6.45, 7) is 2.69. The lowest BCUT2D eigenvalue weighted by atomic mass is 10.1. The summed E-state index contributed by atoms with van der Waals surface area (Å²) in [5.41, 5.74) is 0.961. The van der Waals surface area contributed by atoms with Crippen LogP contribution in [0.25, 0.3) is 0 Å². The van der Waals surface area contributed by atoms with E-state index in [0.29, 0.717) is 19.6 Å². The molecule has 0 aliphatic rings. The van der Waals surface area contributed by atoms with Crippen LogP contribution >= 0.6 is 0 Å². The van der Waals surface area contributed by atoms with E-state index in [4.69, 9.17) is 4.74 Å². The maximum Gasteiger partial charge on any atom is 0.224 e.